The molecular formula is C32H43N5O3. The van der Waals surface area contributed by atoms with Crippen LogP contribution >= 0.6 is 0 Å². The number of aromatic nitrogens is 4. The first-order chi connectivity index (χ1) is 19.3. The quantitative estimate of drug-likeness (QED) is 0.364. The Balaban J connectivity index is 1.40. The molecule has 0 radical (unpaired) electrons. The van der Waals surface area contributed by atoms with Crippen LogP contribution in [0.3, 0.4) is 0 Å². The van der Waals surface area contributed by atoms with Crippen molar-refractivity contribution in [3.8, 4) is 16.9 Å². The molecule has 0 aromatic carbocycles. The fraction of sp³-hybridized carbons (Fsp3) is 0.562. The molecular weight excluding hydrogens is 502 g/mol. The molecule has 2 fully saturated rings. The number of carbonyl (C=O) groups excluding carboxylic acids is 1. The number of aryl methyl sites for hydroxylation is 1. The minimum atomic E-state index is -0.555. The number of carbonyl (C=O) groups is 1. The van der Waals surface area contributed by atoms with E-state index in [2.05, 4.69) is 36.5 Å². The van der Waals surface area contributed by atoms with Crippen LogP contribution in [0.4, 0.5) is 0 Å². The summed E-state index contributed by atoms with van der Waals surface area (Å²) in [5, 5.41) is 19.3. The fourth-order valence-electron chi connectivity index (χ4n) is 6.45. The molecule has 0 saturated heterocycles. The van der Waals surface area contributed by atoms with Gasteiger partial charge in [0.25, 0.3) is 0 Å². The first-order valence-electron chi connectivity index (χ1n) is 14.8. The van der Waals surface area contributed by atoms with Crippen molar-refractivity contribution in [2.45, 2.75) is 96.2 Å². The largest absolute Gasteiger partial charge is 0.495 e. The lowest BCUT2D eigenvalue weighted by Gasteiger charge is -2.38. The summed E-state index contributed by atoms with van der Waals surface area (Å²) < 4.78 is 7.32. The number of aliphatic hydroxyl groups excluding tert-OH is 1. The van der Waals surface area contributed by atoms with Crippen LogP contribution in [0, 0.1) is 18.8 Å². The van der Waals surface area contributed by atoms with Crippen molar-refractivity contribution in [3.05, 3.63) is 59.9 Å². The average Bonchev–Trinajstić information content (AvgIpc) is 3.47. The van der Waals surface area contributed by atoms with Crippen LogP contribution in [-0.2, 0) is 4.79 Å². The standard InChI is InChI=1S/C32H43N5O3/c1-20(2)37-19-25(18-34-37)23-14-15-33-28(16-23)31(36-32(39)22-8-6-5-7-9-22)24-10-11-26(29(38)17-24)27-12-13-30(40-4)21(3)35-27/h12-16,18-20,22,24,26,29,31,38H,5-11,17H2,1-4H3,(H,36,39). The van der Waals surface area contributed by atoms with Crippen molar-refractivity contribution in [3.63, 3.8) is 0 Å². The molecule has 1 amide bonds. The zero-order chi connectivity index (χ0) is 28.2. The first-order valence-corrected chi connectivity index (χ1v) is 14.8. The van der Waals surface area contributed by atoms with Gasteiger partial charge in [-0.25, -0.2) is 0 Å². The van der Waals surface area contributed by atoms with Gasteiger partial charge in [-0.1, -0.05) is 19.3 Å². The number of nitrogens with one attached hydrogen (secondary N) is 1. The summed E-state index contributed by atoms with van der Waals surface area (Å²) >= 11 is 0. The van der Waals surface area contributed by atoms with Crippen molar-refractivity contribution >= 4 is 5.91 Å². The summed E-state index contributed by atoms with van der Waals surface area (Å²) in [4.78, 5) is 23.0. The van der Waals surface area contributed by atoms with Gasteiger partial charge in [0.15, 0.2) is 0 Å². The van der Waals surface area contributed by atoms with Crippen molar-refractivity contribution < 1.29 is 14.6 Å². The Labute approximate surface area is 237 Å². The van der Waals surface area contributed by atoms with E-state index in [1.165, 1.54) is 6.42 Å². The van der Waals surface area contributed by atoms with Gasteiger partial charge in [-0.05, 0) is 88.6 Å². The Hall–Kier alpha value is -3.26. The lowest BCUT2D eigenvalue weighted by molar-refractivity contribution is -0.127. The van der Waals surface area contributed by atoms with Crippen LogP contribution in [0.2, 0.25) is 0 Å². The van der Waals surface area contributed by atoms with Gasteiger partial charge in [0, 0.05) is 41.5 Å². The number of ether oxygens (including phenoxy) is 1. The zero-order valence-corrected chi connectivity index (χ0v) is 24.2. The molecule has 3 aromatic rings. The van der Waals surface area contributed by atoms with E-state index in [9.17, 15) is 9.90 Å². The second-order valence-corrected chi connectivity index (χ2v) is 11.9. The lowest BCUT2D eigenvalue weighted by Crippen LogP contribution is -2.41. The highest BCUT2D eigenvalue weighted by Gasteiger charge is 2.37. The van der Waals surface area contributed by atoms with Gasteiger partial charge in [-0.2, -0.15) is 5.10 Å². The first kappa shape index (κ1) is 28.3. The predicted octanol–water partition coefficient (Wildman–Crippen LogP) is 5.92. The minimum Gasteiger partial charge on any atom is -0.495 e. The number of aliphatic hydroxyl groups is 1. The van der Waals surface area contributed by atoms with Crippen molar-refractivity contribution in [1.29, 1.82) is 0 Å². The molecule has 214 valence electrons. The highest BCUT2D eigenvalue weighted by molar-refractivity contribution is 5.79. The van der Waals surface area contributed by atoms with Crippen LogP contribution in [0.25, 0.3) is 11.1 Å². The second-order valence-electron chi connectivity index (χ2n) is 11.9. The highest BCUT2D eigenvalue weighted by Crippen LogP contribution is 2.42. The van der Waals surface area contributed by atoms with Gasteiger partial charge >= 0.3 is 0 Å². The Morgan fingerprint density at radius 2 is 1.90 bits per heavy atom. The van der Waals surface area contributed by atoms with Crippen molar-refractivity contribution in [1.82, 2.24) is 25.1 Å². The molecule has 8 heteroatoms. The van der Waals surface area contributed by atoms with E-state index in [1.54, 1.807) is 7.11 Å². The van der Waals surface area contributed by atoms with Gasteiger partial charge in [0.05, 0.1) is 36.8 Å². The second kappa shape index (κ2) is 12.5. The molecule has 2 aliphatic carbocycles. The van der Waals surface area contributed by atoms with Crippen molar-refractivity contribution in [2.75, 3.05) is 7.11 Å². The zero-order valence-electron chi connectivity index (χ0n) is 24.2. The molecule has 0 spiro atoms. The van der Waals surface area contributed by atoms with Crippen molar-refractivity contribution in [2.24, 2.45) is 11.8 Å². The molecule has 2 aliphatic rings. The van der Waals surface area contributed by atoms with Crippen LogP contribution in [0.5, 0.6) is 5.75 Å². The number of rotatable bonds is 8. The van der Waals surface area contributed by atoms with E-state index in [1.807, 2.05) is 42.2 Å². The molecule has 4 atom stereocenters. The van der Waals surface area contributed by atoms with E-state index >= 15 is 0 Å². The summed E-state index contributed by atoms with van der Waals surface area (Å²) in [5.74, 6) is 0.948. The van der Waals surface area contributed by atoms with Gasteiger partial charge in [-0.3, -0.25) is 19.4 Å². The SMILES string of the molecule is COc1ccc(C2CCC(C(NC(=O)C3CCCCC3)c3cc(-c4cnn(C(C)C)c4)ccn3)CC2O)nc1C. The van der Waals surface area contributed by atoms with Gasteiger partial charge < -0.3 is 15.2 Å². The summed E-state index contributed by atoms with van der Waals surface area (Å²) in [6, 6.07) is 7.98. The van der Waals surface area contributed by atoms with E-state index in [0.717, 1.165) is 72.5 Å². The molecule has 5 rings (SSSR count). The van der Waals surface area contributed by atoms with E-state index in [-0.39, 0.29) is 35.7 Å². The van der Waals surface area contributed by atoms with Crippen LogP contribution in [0.15, 0.2) is 42.9 Å². The van der Waals surface area contributed by atoms with E-state index in [0.29, 0.717) is 6.42 Å². The fourth-order valence-corrected chi connectivity index (χ4v) is 6.45. The lowest BCUT2D eigenvalue weighted by atomic mass is 9.74. The van der Waals surface area contributed by atoms with Crippen LogP contribution in [0.1, 0.15) is 100 Å². The number of hydrogen-bond acceptors (Lipinski definition) is 6. The van der Waals surface area contributed by atoms with Crippen LogP contribution < -0.4 is 10.1 Å². The number of pyridine rings is 2. The monoisotopic (exact) mass is 545 g/mol. The Morgan fingerprint density at radius 3 is 2.58 bits per heavy atom. The Bertz CT molecular complexity index is 1300. The number of nitrogens with zero attached hydrogens (tertiary/aromatic N) is 4. The average molecular weight is 546 g/mol. The normalized spacial score (nSPS) is 22.7. The molecule has 40 heavy (non-hydrogen) atoms. The molecule has 8 nitrogen and oxygen atoms in total. The molecule has 2 saturated carbocycles. The van der Waals surface area contributed by atoms with E-state index < -0.39 is 6.10 Å². The smallest absolute Gasteiger partial charge is 0.223 e. The molecule has 3 aromatic heterocycles. The Kier molecular flexibility index (Phi) is 8.84. The molecule has 0 bridgehead atoms. The molecule has 0 aliphatic heterocycles. The number of methoxy groups -OCH3 is 1. The topological polar surface area (TPSA) is 102 Å². The van der Waals surface area contributed by atoms with Gasteiger partial charge in [0.1, 0.15) is 5.75 Å². The number of amides is 1. The third kappa shape index (κ3) is 6.22. The van der Waals surface area contributed by atoms with Gasteiger partial charge in [0.2, 0.25) is 5.91 Å². The predicted molar refractivity (Wildman–Crippen MR) is 155 cm³/mol. The summed E-state index contributed by atoms with van der Waals surface area (Å²) in [7, 11) is 1.64. The summed E-state index contributed by atoms with van der Waals surface area (Å²) in [6.07, 6.45) is 12.7. The third-order valence-electron chi connectivity index (χ3n) is 8.82. The van der Waals surface area contributed by atoms with Crippen LogP contribution in [-0.4, -0.2) is 44.0 Å². The number of hydrogen-bond donors (Lipinski definition) is 2. The maximum Gasteiger partial charge on any atom is 0.223 e. The Morgan fingerprint density at radius 1 is 1.10 bits per heavy atom. The van der Waals surface area contributed by atoms with E-state index in [4.69, 9.17) is 14.7 Å². The summed E-state index contributed by atoms with van der Waals surface area (Å²) in [5.41, 5.74) is 4.62. The minimum absolute atomic E-state index is 0.0447. The molecule has 3 heterocycles. The highest BCUT2D eigenvalue weighted by atomic mass is 16.5. The third-order valence-corrected chi connectivity index (χ3v) is 8.82. The molecule has 2 N–H and O–H groups in total. The van der Waals surface area contributed by atoms with Gasteiger partial charge in [-0.15, -0.1) is 0 Å². The maximum atomic E-state index is 13.5. The molecule has 4 unspecified atom stereocenters. The summed E-state index contributed by atoms with van der Waals surface area (Å²) in [6.45, 7) is 6.15. The maximum absolute atomic E-state index is 13.5.